The highest BCUT2D eigenvalue weighted by molar-refractivity contribution is 6.36. The van der Waals surface area contributed by atoms with E-state index in [1.54, 1.807) is 12.3 Å². The van der Waals surface area contributed by atoms with Gasteiger partial charge in [0.25, 0.3) is 0 Å². The van der Waals surface area contributed by atoms with E-state index in [4.69, 9.17) is 16.3 Å². The zero-order valence-corrected chi connectivity index (χ0v) is 17.2. The van der Waals surface area contributed by atoms with Crippen molar-refractivity contribution < 1.29 is 14.6 Å². The topological polar surface area (TPSA) is 64.3 Å². The molecule has 3 atom stereocenters. The second-order valence-corrected chi connectivity index (χ2v) is 9.17. The number of ether oxygens (including phenoxy) is 1. The average molecular weight is 405 g/mol. The molecule has 2 aliphatic rings. The van der Waals surface area contributed by atoms with E-state index >= 15 is 0 Å². The van der Waals surface area contributed by atoms with Crippen LogP contribution in [-0.2, 0) is 11.3 Å². The van der Waals surface area contributed by atoms with Gasteiger partial charge in [-0.15, -0.1) is 0 Å². The standard InChI is InChI=1S/C22H29ClN2O3/c1-15-3-2-7-22(27,11-15)8-4-19(26)17-13-25(12-16-6-10-28-14-16)21-20(17)18(23)5-9-24-21/h5,9,13,15-16,27H,2-4,6-8,10-12,14H2,1H3/t15-,16?,22+/m0/s1. The highest BCUT2D eigenvalue weighted by Crippen LogP contribution is 2.36. The number of hydrogen-bond donors (Lipinski definition) is 1. The summed E-state index contributed by atoms with van der Waals surface area (Å²) in [6, 6.07) is 1.74. The van der Waals surface area contributed by atoms with Crippen LogP contribution in [0.2, 0.25) is 5.02 Å². The molecule has 3 heterocycles. The first kappa shape index (κ1) is 19.9. The summed E-state index contributed by atoms with van der Waals surface area (Å²) in [5.74, 6) is 0.986. The van der Waals surface area contributed by atoms with E-state index in [0.29, 0.717) is 35.3 Å². The number of rotatable bonds is 6. The highest BCUT2D eigenvalue weighted by Gasteiger charge is 2.33. The lowest BCUT2D eigenvalue weighted by Gasteiger charge is -2.35. The average Bonchev–Trinajstić information content (AvgIpc) is 3.29. The molecule has 1 N–H and O–H groups in total. The third-order valence-corrected chi connectivity index (χ3v) is 6.69. The monoisotopic (exact) mass is 404 g/mol. The van der Waals surface area contributed by atoms with E-state index < -0.39 is 5.60 Å². The zero-order valence-electron chi connectivity index (χ0n) is 16.5. The molecule has 152 valence electrons. The molecule has 0 radical (unpaired) electrons. The first-order chi connectivity index (χ1) is 13.5. The number of carbonyl (C=O) groups is 1. The van der Waals surface area contributed by atoms with Gasteiger partial charge in [0.15, 0.2) is 5.78 Å². The number of Topliss-reactive ketones (excluding diaryl/α,β-unsaturated/α-hetero) is 1. The SMILES string of the molecule is C[C@H]1CCC[C@@](O)(CCC(=O)c2cn(CC3CCOC3)c3nccc(Cl)c23)C1. The molecule has 1 aliphatic heterocycles. The summed E-state index contributed by atoms with van der Waals surface area (Å²) < 4.78 is 7.54. The van der Waals surface area contributed by atoms with Crippen LogP contribution in [0.4, 0.5) is 0 Å². The minimum absolute atomic E-state index is 0.0352. The molecule has 0 spiro atoms. The predicted molar refractivity (Wildman–Crippen MR) is 110 cm³/mol. The van der Waals surface area contributed by atoms with E-state index in [-0.39, 0.29) is 5.78 Å². The number of ketones is 1. The Kier molecular flexibility index (Phi) is 5.77. The Balaban J connectivity index is 1.56. The fourth-order valence-corrected chi connectivity index (χ4v) is 5.12. The Morgan fingerprint density at radius 2 is 2.32 bits per heavy atom. The van der Waals surface area contributed by atoms with Crippen molar-refractivity contribution in [3.8, 4) is 0 Å². The molecule has 0 bridgehead atoms. The number of aliphatic hydroxyl groups is 1. The minimum atomic E-state index is -0.713. The van der Waals surface area contributed by atoms with Gasteiger partial charge in [-0.3, -0.25) is 4.79 Å². The summed E-state index contributed by atoms with van der Waals surface area (Å²) in [6.07, 6.45) is 9.22. The zero-order chi connectivity index (χ0) is 19.7. The molecule has 1 saturated carbocycles. The van der Waals surface area contributed by atoms with Crippen LogP contribution in [0.3, 0.4) is 0 Å². The third kappa shape index (κ3) is 4.12. The summed E-state index contributed by atoms with van der Waals surface area (Å²) in [7, 11) is 0. The van der Waals surface area contributed by atoms with Crippen LogP contribution < -0.4 is 0 Å². The maximum Gasteiger partial charge on any atom is 0.165 e. The number of halogens is 1. The van der Waals surface area contributed by atoms with E-state index in [9.17, 15) is 9.90 Å². The molecule has 4 rings (SSSR count). The predicted octanol–water partition coefficient (Wildman–Crippen LogP) is 4.63. The van der Waals surface area contributed by atoms with Crippen molar-refractivity contribution in [2.45, 2.75) is 64.0 Å². The van der Waals surface area contributed by atoms with Crippen LogP contribution in [-0.4, -0.2) is 39.3 Å². The molecular formula is C22H29ClN2O3. The van der Waals surface area contributed by atoms with E-state index in [1.807, 2.05) is 10.8 Å². The summed E-state index contributed by atoms with van der Waals surface area (Å²) in [6.45, 7) is 4.49. The van der Waals surface area contributed by atoms with Crippen LogP contribution in [0.25, 0.3) is 11.0 Å². The maximum absolute atomic E-state index is 13.1. The fraction of sp³-hybridized carbons (Fsp3) is 0.636. The lowest BCUT2D eigenvalue weighted by molar-refractivity contribution is -0.0204. The molecule has 1 unspecified atom stereocenters. The van der Waals surface area contributed by atoms with E-state index in [2.05, 4.69) is 11.9 Å². The van der Waals surface area contributed by atoms with Gasteiger partial charge in [-0.25, -0.2) is 4.98 Å². The van der Waals surface area contributed by atoms with Crippen molar-refractivity contribution in [3.63, 3.8) is 0 Å². The van der Waals surface area contributed by atoms with E-state index in [1.165, 1.54) is 0 Å². The van der Waals surface area contributed by atoms with E-state index in [0.717, 1.165) is 62.9 Å². The Labute approximate surface area is 171 Å². The van der Waals surface area contributed by atoms with Gasteiger partial charge in [-0.2, -0.15) is 0 Å². The maximum atomic E-state index is 13.1. The molecule has 1 saturated heterocycles. The Morgan fingerprint density at radius 3 is 3.07 bits per heavy atom. The van der Waals surface area contributed by atoms with Gasteiger partial charge in [-0.05, 0) is 37.7 Å². The summed E-state index contributed by atoms with van der Waals surface area (Å²) in [5.41, 5.74) is 0.668. The lowest BCUT2D eigenvalue weighted by atomic mass is 9.76. The first-order valence-corrected chi connectivity index (χ1v) is 10.8. The number of pyridine rings is 1. The third-order valence-electron chi connectivity index (χ3n) is 6.37. The molecule has 2 aromatic rings. The smallest absolute Gasteiger partial charge is 0.165 e. The molecular weight excluding hydrogens is 376 g/mol. The quantitative estimate of drug-likeness (QED) is 0.713. The van der Waals surface area contributed by atoms with Gasteiger partial charge < -0.3 is 14.4 Å². The summed E-state index contributed by atoms with van der Waals surface area (Å²) in [5, 5.41) is 12.2. The molecule has 5 nitrogen and oxygen atoms in total. The van der Waals surface area contributed by atoms with Gasteiger partial charge in [0, 0.05) is 48.8 Å². The molecule has 28 heavy (non-hydrogen) atoms. The van der Waals surface area contributed by atoms with Crippen LogP contribution in [0.1, 0.15) is 62.2 Å². The molecule has 6 heteroatoms. The molecule has 0 amide bonds. The fourth-order valence-electron chi connectivity index (χ4n) is 4.87. The summed E-state index contributed by atoms with van der Waals surface area (Å²) in [4.78, 5) is 17.6. The Bertz CT molecular complexity index is 859. The Morgan fingerprint density at radius 1 is 1.46 bits per heavy atom. The molecule has 1 aliphatic carbocycles. The second kappa shape index (κ2) is 8.13. The highest BCUT2D eigenvalue weighted by atomic mass is 35.5. The largest absolute Gasteiger partial charge is 0.390 e. The van der Waals surface area contributed by atoms with Gasteiger partial charge in [0.2, 0.25) is 0 Å². The van der Waals surface area contributed by atoms with Crippen molar-refractivity contribution in [3.05, 3.63) is 29.0 Å². The van der Waals surface area contributed by atoms with Crippen LogP contribution in [0.5, 0.6) is 0 Å². The number of hydrogen-bond acceptors (Lipinski definition) is 4. The summed E-state index contributed by atoms with van der Waals surface area (Å²) >= 11 is 6.45. The minimum Gasteiger partial charge on any atom is -0.390 e. The van der Waals surface area contributed by atoms with Gasteiger partial charge in [-0.1, -0.05) is 31.4 Å². The van der Waals surface area contributed by atoms with Crippen LogP contribution >= 0.6 is 11.6 Å². The number of nitrogens with zero attached hydrogens (tertiary/aromatic N) is 2. The lowest BCUT2D eigenvalue weighted by Crippen LogP contribution is -2.35. The Hall–Kier alpha value is -1.43. The van der Waals surface area contributed by atoms with Gasteiger partial charge in [0.1, 0.15) is 5.65 Å². The molecule has 0 aromatic carbocycles. The van der Waals surface area contributed by atoms with Crippen molar-refractivity contribution in [1.82, 2.24) is 9.55 Å². The number of fused-ring (bicyclic) bond motifs is 1. The molecule has 2 fully saturated rings. The van der Waals surface area contributed by atoms with Crippen molar-refractivity contribution in [2.75, 3.05) is 13.2 Å². The normalized spacial score (nSPS) is 28.1. The molecule has 2 aromatic heterocycles. The number of aromatic nitrogens is 2. The van der Waals surface area contributed by atoms with Crippen molar-refractivity contribution >= 4 is 28.4 Å². The first-order valence-electron chi connectivity index (χ1n) is 10.4. The van der Waals surface area contributed by atoms with Crippen LogP contribution in [0, 0.1) is 11.8 Å². The van der Waals surface area contributed by atoms with Gasteiger partial charge in [0.05, 0.1) is 17.2 Å². The van der Waals surface area contributed by atoms with Crippen molar-refractivity contribution in [1.29, 1.82) is 0 Å². The number of carbonyl (C=O) groups excluding carboxylic acids is 1. The van der Waals surface area contributed by atoms with Crippen LogP contribution in [0.15, 0.2) is 18.5 Å². The second-order valence-electron chi connectivity index (χ2n) is 8.77. The van der Waals surface area contributed by atoms with Crippen molar-refractivity contribution in [2.24, 2.45) is 11.8 Å². The van der Waals surface area contributed by atoms with Gasteiger partial charge >= 0.3 is 0 Å².